The summed E-state index contributed by atoms with van der Waals surface area (Å²) in [6.07, 6.45) is 1.94. The van der Waals surface area contributed by atoms with E-state index in [1.807, 2.05) is 37.3 Å². The number of ether oxygens (including phenoxy) is 2. The number of benzene rings is 2. The van der Waals surface area contributed by atoms with Gasteiger partial charge in [-0.25, -0.2) is 4.79 Å². The predicted molar refractivity (Wildman–Crippen MR) is 120 cm³/mol. The van der Waals surface area contributed by atoms with Crippen molar-refractivity contribution in [2.45, 2.75) is 31.8 Å². The molecule has 1 saturated heterocycles. The number of aryl methyl sites for hydroxylation is 1. The molecule has 0 radical (unpaired) electrons. The third kappa shape index (κ3) is 4.18. The summed E-state index contributed by atoms with van der Waals surface area (Å²) < 4.78 is 16.4. The van der Waals surface area contributed by atoms with Gasteiger partial charge < -0.3 is 23.9 Å². The van der Waals surface area contributed by atoms with Crippen molar-refractivity contribution in [3.63, 3.8) is 0 Å². The van der Waals surface area contributed by atoms with E-state index in [-0.39, 0.29) is 5.63 Å². The molecule has 0 bridgehead atoms. The Balaban J connectivity index is 1.50. The Morgan fingerprint density at radius 1 is 1.10 bits per heavy atom. The molecule has 4 rings (SSSR count). The van der Waals surface area contributed by atoms with Gasteiger partial charge in [-0.2, -0.15) is 0 Å². The van der Waals surface area contributed by atoms with Crippen molar-refractivity contribution in [2.24, 2.45) is 0 Å². The summed E-state index contributed by atoms with van der Waals surface area (Å²) >= 11 is 0. The molecule has 0 aliphatic carbocycles. The highest BCUT2D eigenvalue weighted by atomic mass is 16.5. The molecule has 0 unspecified atom stereocenters. The Kier molecular flexibility index (Phi) is 6.03. The van der Waals surface area contributed by atoms with Crippen LogP contribution in [0.3, 0.4) is 0 Å². The van der Waals surface area contributed by atoms with Gasteiger partial charge in [0.2, 0.25) is 0 Å². The first-order valence-corrected chi connectivity index (χ1v) is 10.6. The van der Waals surface area contributed by atoms with Gasteiger partial charge in [0.05, 0.1) is 25.2 Å². The molecular formula is C25H29NO5. The van der Waals surface area contributed by atoms with E-state index in [0.29, 0.717) is 41.9 Å². The van der Waals surface area contributed by atoms with Crippen LogP contribution in [0, 0.1) is 6.92 Å². The van der Waals surface area contributed by atoms with Gasteiger partial charge in [-0.15, -0.1) is 0 Å². The largest absolute Gasteiger partial charge is 0.496 e. The number of hydrogen-bond acceptors (Lipinski definition) is 6. The lowest BCUT2D eigenvalue weighted by molar-refractivity contribution is -0.0256. The zero-order valence-electron chi connectivity index (χ0n) is 18.3. The van der Waals surface area contributed by atoms with E-state index < -0.39 is 5.60 Å². The third-order valence-electron chi connectivity index (χ3n) is 6.44. The van der Waals surface area contributed by atoms with E-state index in [0.717, 1.165) is 36.1 Å². The molecule has 1 aliphatic rings. The predicted octanol–water partition coefficient (Wildman–Crippen LogP) is 3.64. The Hall–Kier alpha value is -2.83. The molecule has 31 heavy (non-hydrogen) atoms. The quantitative estimate of drug-likeness (QED) is 0.611. The molecule has 6 heteroatoms. The fourth-order valence-corrected chi connectivity index (χ4v) is 4.50. The van der Waals surface area contributed by atoms with E-state index in [4.69, 9.17) is 13.9 Å². The highest BCUT2D eigenvalue weighted by Crippen LogP contribution is 2.35. The maximum atomic E-state index is 12.7. The maximum Gasteiger partial charge on any atom is 0.339 e. The topological polar surface area (TPSA) is 72.1 Å². The number of fused-ring (bicyclic) bond motifs is 1. The standard InChI is InChI=1S/C25H29NO5/c1-17-20(24(27)31-22-16-19(29-2)15-21(30-3)23(17)22)9-12-26-13-10-25(28,11-14-26)18-7-5-4-6-8-18/h4-8,15-16,28H,9-14H2,1-3H3. The number of aliphatic hydroxyl groups is 1. The van der Waals surface area contributed by atoms with Crippen molar-refractivity contribution in [1.82, 2.24) is 4.90 Å². The number of hydrogen-bond donors (Lipinski definition) is 1. The summed E-state index contributed by atoms with van der Waals surface area (Å²) in [5, 5.41) is 11.8. The molecule has 0 saturated carbocycles. The van der Waals surface area contributed by atoms with Crippen molar-refractivity contribution in [1.29, 1.82) is 0 Å². The normalized spacial score (nSPS) is 16.4. The maximum absolute atomic E-state index is 12.7. The van der Waals surface area contributed by atoms with Crippen molar-refractivity contribution < 1.29 is 19.0 Å². The molecule has 1 aromatic heterocycles. The van der Waals surface area contributed by atoms with Gasteiger partial charge >= 0.3 is 5.63 Å². The Morgan fingerprint density at radius 3 is 2.45 bits per heavy atom. The van der Waals surface area contributed by atoms with E-state index in [9.17, 15) is 9.90 Å². The molecule has 6 nitrogen and oxygen atoms in total. The van der Waals surface area contributed by atoms with Crippen molar-refractivity contribution >= 4 is 11.0 Å². The lowest BCUT2D eigenvalue weighted by Crippen LogP contribution is -2.43. The van der Waals surface area contributed by atoms with Crippen LogP contribution < -0.4 is 15.1 Å². The lowest BCUT2D eigenvalue weighted by Gasteiger charge is -2.38. The number of piperidine rings is 1. The first-order valence-electron chi connectivity index (χ1n) is 10.6. The molecule has 1 fully saturated rings. The van der Waals surface area contributed by atoms with Gasteiger partial charge in [0.25, 0.3) is 0 Å². The summed E-state index contributed by atoms with van der Waals surface area (Å²) in [6.45, 7) is 4.24. The summed E-state index contributed by atoms with van der Waals surface area (Å²) in [5.74, 6) is 1.21. The Labute approximate surface area is 182 Å². The third-order valence-corrected chi connectivity index (χ3v) is 6.44. The fraction of sp³-hybridized carbons (Fsp3) is 0.400. The first kappa shape index (κ1) is 21.4. The van der Waals surface area contributed by atoms with E-state index in [1.54, 1.807) is 26.4 Å². The minimum absolute atomic E-state index is 0.321. The molecule has 1 aliphatic heterocycles. The Bertz CT molecular complexity index is 1110. The number of methoxy groups -OCH3 is 2. The summed E-state index contributed by atoms with van der Waals surface area (Å²) in [4.78, 5) is 15.0. The van der Waals surface area contributed by atoms with Crippen LogP contribution in [0.2, 0.25) is 0 Å². The van der Waals surface area contributed by atoms with Gasteiger partial charge in [0.15, 0.2) is 0 Å². The number of nitrogens with zero attached hydrogens (tertiary/aromatic N) is 1. The van der Waals surface area contributed by atoms with Gasteiger partial charge in [0.1, 0.15) is 17.1 Å². The molecule has 2 aromatic carbocycles. The van der Waals surface area contributed by atoms with E-state index in [1.165, 1.54) is 0 Å². The van der Waals surface area contributed by atoms with Crippen LogP contribution in [-0.4, -0.2) is 43.9 Å². The highest BCUT2D eigenvalue weighted by Gasteiger charge is 2.33. The van der Waals surface area contributed by atoms with Crippen LogP contribution in [0.5, 0.6) is 11.5 Å². The molecule has 164 valence electrons. The minimum atomic E-state index is -0.776. The van der Waals surface area contributed by atoms with Gasteiger partial charge in [-0.1, -0.05) is 30.3 Å². The highest BCUT2D eigenvalue weighted by molar-refractivity contribution is 5.89. The lowest BCUT2D eigenvalue weighted by atomic mass is 9.84. The second-order valence-electron chi connectivity index (χ2n) is 8.19. The zero-order valence-corrected chi connectivity index (χ0v) is 18.3. The SMILES string of the molecule is COc1cc(OC)c2c(C)c(CCN3CCC(O)(c4ccccc4)CC3)c(=O)oc2c1. The van der Waals surface area contributed by atoms with Crippen molar-refractivity contribution in [2.75, 3.05) is 33.9 Å². The van der Waals surface area contributed by atoms with E-state index in [2.05, 4.69) is 4.90 Å². The van der Waals surface area contributed by atoms with Gasteiger partial charge in [-0.3, -0.25) is 0 Å². The molecule has 2 heterocycles. The van der Waals surface area contributed by atoms with Crippen LogP contribution in [0.25, 0.3) is 11.0 Å². The summed E-state index contributed by atoms with van der Waals surface area (Å²) in [5.41, 5.74) is 1.89. The number of likely N-dealkylation sites (tertiary alicyclic amines) is 1. The van der Waals surface area contributed by atoms with Crippen LogP contribution in [0.4, 0.5) is 0 Å². The van der Waals surface area contributed by atoms with Crippen LogP contribution in [-0.2, 0) is 12.0 Å². The van der Waals surface area contributed by atoms with Gasteiger partial charge in [0, 0.05) is 37.3 Å². The Morgan fingerprint density at radius 2 is 1.81 bits per heavy atom. The van der Waals surface area contributed by atoms with Crippen LogP contribution >= 0.6 is 0 Å². The van der Waals surface area contributed by atoms with Crippen molar-refractivity contribution in [3.05, 3.63) is 69.6 Å². The second kappa shape index (κ2) is 8.73. The van der Waals surface area contributed by atoms with Crippen LogP contribution in [0.1, 0.15) is 29.5 Å². The molecule has 1 N–H and O–H groups in total. The minimum Gasteiger partial charge on any atom is -0.496 e. The molecule has 0 amide bonds. The molecule has 0 atom stereocenters. The summed E-state index contributed by atoms with van der Waals surface area (Å²) in [7, 11) is 3.16. The average molecular weight is 424 g/mol. The van der Waals surface area contributed by atoms with Gasteiger partial charge in [-0.05, 0) is 37.3 Å². The monoisotopic (exact) mass is 423 g/mol. The average Bonchev–Trinajstić information content (AvgIpc) is 2.79. The second-order valence-corrected chi connectivity index (χ2v) is 8.19. The fourth-order valence-electron chi connectivity index (χ4n) is 4.50. The van der Waals surface area contributed by atoms with E-state index >= 15 is 0 Å². The first-order chi connectivity index (χ1) is 14.9. The molecule has 0 spiro atoms. The van der Waals surface area contributed by atoms with Crippen LogP contribution in [0.15, 0.2) is 51.7 Å². The number of rotatable bonds is 6. The molecular weight excluding hydrogens is 394 g/mol. The molecule has 3 aromatic rings. The zero-order chi connectivity index (χ0) is 22.0. The van der Waals surface area contributed by atoms with Crippen molar-refractivity contribution in [3.8, 4) is 11.5 Å². The summed E-state index contributed by atoms with van der Waals surface area (Å²) in [6, 6.07) is 13.4. The smallest absolute Gasteiger partial charge is 0.339 e.